The molecule has 6 heteroatoms. The van der Waals surface area contributed by atoms with Crippen LogP contribution in [0.3, 0.4) is 0 Å². The van der Waals surface area contributed by atoms with Gasteiger partial charge in [0.2, 0.25) is 0 Å². The lowest BCUT2D eigenvalue weighted by Crippen LogP contribution is -2.59. The highest BCUT2D eigenvalue weighted by Crippen LogP contribution is 2.49. The van der Waals surface area contributed by atoms with Gasteiger partial charge in [0.15, 0.2) is 0 Å². The minimum absolute atomic E-state index is 0.0303. The van der Waals surface area contributed by atoms with Crippen LogP contribution in [-0.2, 0) is 21.7 Å². The molecule has 0 radical (unpaired) electrons. The van der Waals surface area contributed by atoms with Crippen LogP contribution in [-0.4, -0.2) is 29.4 Å². The molecule has 13 aromatic carbocycles. The molecule has 2 aliphatic rings. The number of aromatic nitrogens is 5. The van der Waals surface area contributed by atoms with Crippen molar-refractivity contribution >= 4 is 170 Å². The Labute approximate surface area is 581 Å². The van der Waals surface area contributed by atoms with Crippen molar-refractivity contribution in [2.45, 2.75) is 105 Å². The van der Waals surface area contributed by atoms with Crippen molar-refractivity contribution in [3.8, 4) is 22.7 Å². The van der Waals surface area contributed by atoms with Crippen LogP contribution in [0.2, 0.25) is 0 Å². The van der Waals surface area contributed by atoms with Gasteiger partial charge in [0.1, 0.15) is 0 Å². The Bertz CT molecular complexity index is 6860. The summed E-state index contributed by atoms with van der Waals surface area (Å²) in [5, 5.41) is 20.0. The molecule has 19 aromatic rings. The third kappa shape index (κ3) is 7.64. The van der Waals surface area contributed by atoms with E-state index in [4.69, 9.17) is 0 Å². The first-order chi connectivity index (χ1) is 48.2. The minimum Gasteiger partial charge on any atom is -0.310 e. The van der Waals surface area contributed by atoms with E-state index in [-0.39, 0.29) is 28.4 Å². The van der Waals surface area contributed by atoms with E-state index in [1.54, 1.807) is 0 Å². The minimum atomic E-state index is -0.159. The molecule has 0 saturated heterocycles. The summed E-state index contributed by atoms with van der Waals surface area (Å²) in [4.78, 5) is 0. The Morgan fingerprint density at radius 2 is 0.620 bits per heavy atom. The van der Waals surface area contributed by atoms with Crippen LogP contribution in [0.15, 0.2) is 243 Å². The molecule has 480 valence electrons. The summed E-state index contributed by atoms with van der Waals surface area (Å²) in [7, 11) is 0. The maximum Gasteiger partial charge on any atom is 0.252 e. The Morgan fingerprint density at radius 1 is 0.240 bits per heavy atom. The lowest BCUT2D eigenvalue weighted by molar-refractivity contribution is 0.590. The maximum absolute atomic E-state index is 2.76. The van der Waals surface area contributed by atoms with Crippen molar-refractivity contribution in [2.75, 3.05) is 0 Å². The van der Waals surface area contributed by atoms with Crippen LogP contribution in [0, 0.1) is 0 Å². The number of benzene rings is 13. The van der Waals surface area contributed by atoms with Gasteiger partial charge in [-0.1, -0.05) is 229 Å². The van der Waals surface area contributed by atoms with Crippen LogP contribution in [0.25, 0.3) is 170 Å². The quantitative estimate of drug-likeness (QED) is 0.154. The van der Waals surface area contributed by atoms with Crippen molar-refractivity contribution in [1.29, 1.82) is 0 Å². The number of hydrogen-bond donors (Lipinski definition) is 0. The van der Waals surface area contributed by atoms with E-state index in [1.807, 2.05) is 0 Å². The monoisotopic (exact) mass is 1290 g/mol. The van der Waals surface area contributed by atoms with E-state index in [0.717, 1.165) is 16.9 Å². The fourth-order valence-corrected chi connectivity index (χ4v) is 18.5. The summed E-state index contributed by atoms with van der Waals surface area (Å²) < 4.78 is 13.3. The second-order valence-electron chi connectivity index (χ2n) is 33.3. The molecular formula is C94H76BN5. The van der Waals surface area contributed by atoms with Crippen molar-refractivity contribution in [3.05, 3.63) is 265 Å². The normalized spacial score (nSPS) is 13.6. The number of para-hydroxylation sites is 4. The molecule has 0 amide bonds. The first-order valence-corrected chi connectivity index (χ1v) is 35.9. The van der Waals surface area contributed by atoms with Gasteiger partial charge >= 0.3 is 0 Å². The largest absolute Gasteiger partial charge is 0.310 e. The third-order valence-corrected chi connectivity index (χ3v) is 23.4. The van der Waals surface area contributed by atoms with E-state index in [9.17, 15) is 0 Å². The number of rotatable bonds is 2. The van der Waals surface area contributed by atoms with E-state index >= 15 is 0 Å². The summed E-state index contributed by atoms with van der Waals surface area (Å²) >= 11 is 0. The molecule has 0 atom stereocenters. The zero-order chi connectivity index (χ0) is 67.7. The molecule has 2 aliphatic heterocycles. The Balaban J connectivity index is 0.985. The summed E-state index contributed by atoms with van der Waals surface area (Å²) in [6, 6.07) is 95.3. The Hall–Kier alpha value is -11.1. The summed E-state index contributed by atoms with van der Waals surface area (Å²) in [6.45, 7) is 27.9. The highest BCUT2D eigenvalue weighted by molar-refractivity contribution is 7.00. The van der Waals surface area contributed by atoms with Gasteiger partial charge in [-0.2, -0.15) is 0 Å². The number of hydrogen-bond acceptors (Lipinski definition) is 0. The van der Waals surface area contributed by atoms with Gasteiger partial charge in [0, 0.05) is 92.7 Å². The van der Waals surface area contributed by atoms with Gasteiger partial charge in [0.05, 0.1) is 55.3 Å². The first kappa shape index (κ1) is 57.9. The zero-order valence-corrected chi connectivity index (χ0v) is 58.9. The predicted octanol–water partition coefficient (Wildman–Crippen LogP) is 23.0. The van der Waals surface area contributed by atoms with E-state index in [2.05, 4.69) is 348 Å². The molecule has 100 heavy (non-hydrogen) atoms. The molecule has 0 saturated carbocycles. The van der Waals surface area contributed by atoms with Gasteiger partial charge in [-0.05, 0) is 179 Å². The smallest absolute Gasteiger partial charge is 0.252 e. The lowest BCUT2D eigenvalue weighted by atomic mass is 9.34. The van der Waals surface area contributed by atoms with Crippen LogP contribution >= 0.6 is 0 Å². The summed E-state index contributed by atoms with van der Waals surface area (Å²) in [6.07, 6.45) is 0. The summed E-state index contributed by atoms with van der Waals surface area (Å²) in [5.41, 5.74) is 27.3. The zero-order valence-electron chi connectivity index (χ0n) is 58.9. The van der Waals surface area contributed by atoms with Gasteiger partial charge in [-0.15, -0.1) is 0 Å². The fraction of sp³-hybridized carbons (Fsp3) is 0.170. The van der Waals surface area contributed by atoms with Crippen LogP contribution in [0.1, 0.15) is 105 Å². The van der Waals surface area contributed by atoms with Gasteiger partial charge in [0.25, 0.3) is 6.71 Å². The maximum atomic E-state index is 2.76. The average Bonchev–Trinajstić information content (AvgIpc) is 1.47. The number of fused-ring (bicyclic) bond motifs is 27. The molecule has 21 rings (SSSR count). The SMILES string of the molecule is CC(C)(C)c1ccc2c(c1)c1cc(C(C)(C)C)ccc1n2-c1ccc2c(c1)c1cc(-n3c4ccc(C(C)(C)C)cc4c4cc(C(C)(C)C)ccc43)cc3c1n2-c1c2c(cc4c1c1cccc5c6ccccc6c6ccccc6c6ccccc6n4c51)-n1c4ccccc4c4cccc(c41)B23. The van der Waals surface area contributed by atoms with Crippen LogP contribution < -0.4 is 16.4 Å². The molecule has 0 spiro atoms. The molecule has 6 aromatic heterocycles. The van der Waals surface area contributed by atoms with Crippen molar-refractivity contribution in [1.82, 2.24) is 22.7 Å². The first-order valence-electron chi connectivity index (χ1n) is 35.9. The summed E-state index contributed by atoms with van der Waals surface area (Å²) in [5.74, 6) is 0. The van der Waals surface area contributed by atoms with Crippen molar-refractivity contribution in [3.63, 3.8) is 0 Å². The topological polar surface area (TPSA) is 24.1 Å². The third-order valence-electron chi connectivity index (χ3n) is 23.4. The van der Waals surface area contributed by atoms with E-state index in [0.29, 0.717) is 0 Å². The van der Waals surface area contributed by atoms with Gasteiger partial charge in [-0.25, -0.2) is 0 Å². The predicted molar refractivity (Wildman–Crippen MR) is 431 cm³/mol. The molecular weight excluding hydrogens is 1210 g/mol. The molecule has 0 N–H and O–H groups in total. The average molecular weight is 1290 g/mol. The lowest BCUT2D eigenvalue weighted by Gasteiger charge is -2.34. The van der Waals surface area contributed by atoms with E-state index < -0.39 is 0 Å². The molecule has 0 fully saturated rings. The second kappa shape index (κ2) is 19.4. The molecule has 0 bridgehead atoms. The number of nitrogens with zero attached hydrogens (tertiary/aromatic N) is 5. The van der Waals surface area contributed by atoms with Crippen LogP contribution in [0.5, 0.6) is 0 Å². The second-order valence-corrected chi connectivity index (χ2v) is 33.3. The molecule has 8 heterocycles. The van der Waals surface area contributed by atoms with Crippen LogP contribution in [0.4, 0.5) is 0 Å². The Kier molecular flexibility index (Phi) is 11.3. The van der Waals surface area contributed by atoms with E-state index in [1.165, 1.54) is 191 Å². The highest BCUT2D eigenvalue weighted by Gasteiger charge is 2.43. The molecule has 0 unspecified atom stereocenters. The highest BCUT2D eigenvalue weighted by atomic mass is 15.1. The fourth-order valence-electron chi connectivity index (χ4n) is 18.5. The van der Waals surface area contributed by atoms with Crippen molar-refractivity contribution < 1.29 is 0 Å². The Morgan fingerprint density at radius 3 is 1.16 bits per heavy atom. The molecule has 0 aliphatic carbocycles. The molecule has 5 nitrogen and oxygen atoms in total. The van der Waals surface area contributed by atoms with Crippen molar-refractivity contribution in [2.24, 2.45) is 0 Å². The van der Waals surface area contributed by atoms with Gasteiger partial charge in [-0.3, -0.25) is 0 Å². The van der Waals surface area contributed by atoms with Gasteiger partial charge < -0.3 is 22.7 Å². The standard InChI is InChI=1S/C94H76BN5/c1-91(2,3)53-35-40-78-68(45-53)69-46-54(92(4,5)6)36-41-79(69)96(78)57-39-44-82-72(49-57)73-50-58(97-80-42-37-55(93(7,8)9)47-70(80)71-48-56(94(10,11)12)38-43-81(71)97)51-75-89(73)100(82)90-85-67-31-21-29-65-62-26-16-14-24-60(62)59-23-13-15-25-61(59)63-27-17-19-33-76(63)98(87(65)67)83(85)52-84-86(90)95(75)74-32-22-30-66-64-28-18-20-34-77(64)99(84)88(66)74/h13-52H,1-12H3.